The van der Waals surface area contributed by atoms with Crippen molar-refractivity contribution in [2.45, 2.75) is 31.9 Å². The second-order valence-electron chi connectivity index (χ2n) is 4.92. The molecular formula is C14H18N2O4. The summed E-state index contributed by atoms with van der Waals surface area (Å²) in [6.45, 7) is 2.04. The number of likely N-dealkylation sites (tertiary alicyclic amines) is 1. The largest absolute Gasteiger partial charge is 0.467 e. The summed E-state index contributed by atoms with van der Waals surface area (Å²) in [6.07, 6.45) is 1.28. The van der Waals surface area contributed by atoms with E-state index in [2.05, 4.69) is 9.72 Å². The van der Waals surface area contributed by atoms with Crippen molar-refractivity contribution >= 4 is 11.9 Å². The Hall–Kier alpha value is -1.95. The number of methoxy groups -OCH3 is 1. The molecule has 1 amide bonds. The average Bonchev–Trinajstić information content (AvgIpc) is 2.82. The normalized spacial score (nSPS) is 21.9. The van der Waals surface area contributed by atoms with E-state index < -0.39 is 18.1 Å². The predicted octanol–water partition coefficient (Wildman–Crippen LogP) is 0.0673. The fourth-order valence-corrected chi connectivity index (χ4v) is 2.40. The Morgan fingerprint density at radius 2 is 2.30 bits per heavy atom. The Morgan fingerprint density at radius 3 is 2.95 bits per heavy atom. The van der Waals surface area contributed by atoms with Gasteiger partial charge in [0.1, 0.15) is 6.04 Å². The molecule has 0 aromatic carbocycles. The zero-order valence-electron chi connectivity index (χ0n) is 11.6. The Kier molecular flexibility index (Phi) is 4.34. The van der Waals surface area contributed by atoms with Gasteiger partial charge in [0.05, 0.1) is 25.3 Å². The lowest BCUT2D eigenvalue weighted by Crippen LogP contribution is -2.42. The van der Waals surface area contributed by atoms with Crippen LogP contribution in [0.25, 0.3) is 0 Å². The molecule has 2 unspecified atom stereocenters. The molecule has 0 saturated carbocycles. The molecule has 2 atom stereocenters. The number of hydrogen-bond acceptors (Lipinski definition) is 5. The third-order valence-electron chi connectivity index (χ3n) is 3.51. The first kappa shape index (κ1) is 14.5. The topological polar surface area (TPSA) is 79.7 Å². The van der Waals surface area contributed by atoms with Crippen LogP contribution in [-0.4, -0.2) is 52.7 Å². The minimum Gasteiger partial charge on any atom is -0.467 e. The van der Waals surface area contributed by atoms with Gasteiger partial charge in [-0.3, -0.25) is 9.78 Å². The number of rotatable bonds is 3. The lowest BCUT2D eigenvalue weighted by Gasteiger charge is -2.22. The number of ether oxygens (including phenoxy) is 1. The molecule has 1 fully saturated rings. The van der Waals surface area contributed by atoms with E-state index in [-0.39, 0.29) is 25.3 Å². The number of aliphatic hydroxyl groups excluding tert-OH is 1. The Morgan fingerprint density at radius 1 is 1.55 bits per heavy atom. The number of carbonyl (C=O) groups is 2. The van der Waals surface area contributed by atoms with Gasteiger partial charge in [-0.2, -0.15) is 0 Å². The number of esters is 1. The van der Waals surface area contributed by atoms with Gasteiger partial charge < -0.3 is 14.7 Å². The molecule has 1 aliphatic heterocycles. The van der Waals surface area contributed by atoms with Crippen LogP contribution in [0.2, 0.25) is 0 Å². The van der Waals surface area contributed by atoms with E-state index in [0.29, 0.717) is 5.69 Å². The van der Waals surface area contributed by atoms with Crippen LogP contribution in [0, 0.1) is 6.92 Å². The summed E-state index contributed by atoms with van der Waals surface area (Å²) in [7, 11) is 1.28. The molecule has 1 aliphatic rings. The monoisotopic (exact) mass is 278 g/mol. The lowest BCUT2D eigenvalue weighted by atomic mass is 10.1. The first-order valence-corrected chi connectivity index (χ1v) is 6.48. The van der Waals surface area contributed by atoms with Crippen molar-refractivity contribution in [3.63, 3.8) is 0 Å². The number of aryl methyl sites for hydroxylation is 1. The van der Waals surface area contributed by atoms with Gasteiger partial charge in [0.25, 0.3) is 0 Å². The zero-order valence-corrected chi connectivity index (χ0v) is 11.6. The number of pyridine rings is 1. The van der Waals surface area contributed by atoms with Crippen molar-refractivity contribution in [1.82, 2.24) is 9.88 Å². The van der Waals surface area contributed by atoms with E-state index in [0.717, 1.165) is 5.56 Å². The first-order chi connectivity index (χ1) is 9.52. The molecule has 6 nitrogen and oxygen atoms in total. The summed E-state index contributed by atoms with van der Waals surface area (Å²) in [4.78, 5) is 29.5. The van der Waals surface area contributed by atoms with Gasteiger partial charge in [0.2, 0.25) is 5.91 Å². The van der Waals surface area contributed by atoms with Gasteiger partial charge >= 0.3 is 5.97 Å². The number of carbonyl (C=O) groups excluding carboxylic acids is 2. The third kappa shape index (κ3) is 2.96. The molecule has 0 bridgehead atoms. The molecule has 1 aromatic rings. The number of hydrogen-bond donors (Lipinski definition) is 1. The molecule has 0 aliphatic carbocycles. The summed E-state index contributed by atoms with van der Waals surface area (Å²) in [5.41, 5.74) is 1.61. The van der Waals surface area contributed by atoms with Crippen LogP contribution in [0.4, 0.5) is 0 Å². The highest BCUT2D eigenvalue weighted by atomic mass is 16.5. The summed E-state index contributed by atoms with van der Waals surface area (Å²) in [6, 6.07) is 2.98. The highest BCUT2D eigenvalue weighted by Gasteiger charge is 2.39. The van der Waals surface area contributed by atoms with Crippen LogP contribution in [0.15, 0.2) is 18.3 Å². The molecule has 0 radical (unpaired) electrons. The third-order valence-corrected chi connectivity index (χ3v) is 3.51. The van der Waals surface area contributed by atoms with Crippen molar-refractivity contribution < 1.29 is 19.4 Å². The fourth-order valence-electron chi connectivity index (χ4n) is 2.40. The first-order valence-electron chi connectivity index (χ1n) is 6.48. The SMILES string of the molecule is COC(=O)C1CC(O)CN1C(=O)Cc1ncccc1C. The quantitative estimate of drug-likeness (QED) is 0.791. The van der Waals surface area contributed by atoms with Gasteiger partial charge in [0, 0.05) is 19.2 Å². The molecule has 1 aromatic heterocycles. The summed E-state index contributed by atoms with van der Waals surface area (Å²) < 4.78 is 4.68. The number of aromatic nitrogens is 1. The van der Waals surface area contributed by atoms with Crippen LogP contribution in [0.5, 0.6) is 0 Å². The number of β-amino-alcohol motifs (C(OH)–C–C–N with tert-alkyl or cyclic N) is 1. The Labute approximate surface area is 117 Å². The number of nitrogens with zero attached hydrogens (tertiary/aromatic N) is 2. The predicted molar refractivity (Wildman–Crippen MR) is 70.8 cm³/mol. The second kappa shape index (κ2) is 6.00. The molecule has 2 heterocycles. The summed E-state index contributed by atoms with van der Waals surface area (Å²) in [5, 5.41) is 9.67. The minimum atomic E-state index is -0.702. The number of amides is 1. The van der Waals surface area contributed by atoms with Crippen LogP contribution in [0.3, 0.4) is 0 Å². The second-order valence-corrected chi connectivity index (χ2v) is 4.92. The van der Waals surface area contributed by atoms with Crippen LogP contribution >= 0.6 is 0 Å². The molecule has 20 heavy (non-hydrogen) atoms. The molecule has 2 rings (SSSR count). The van der Waals surface area contributed by atoms with E-state index in [1.807, 2.05) is 13.0 Å². The lowest BCUT2D eigenvalue weighted by molar-refractivity contribution is -0.150. The van der Waals surface area contributed by atoms with Gasteiger partial charge in [0.15, 0.2) is 0 Å². The van der Waals surface area contributed by atoms with Crippen molar-refractivity contribution in [3.8, 4) is 0 Å². The molecule has 1 saturated heterocycles. The van der Waals surface area contributed by atoms with E-state index in [9.17, 15) is 14.7 Å². The van der Waals surface area contributed by atoms with Crippen LogP contribution < -0.4 is 0 Å². The minimum absolute atomic E-state index is 0.118. The Balaban J connectivity index is 2.11. The maximum atomic E-state index is 12.3. The van der Waals surface area contributed by atoms with Crippen molar-refractivity contribution in [2.24, 2.45) is 0 Å². The van der Waals surface area contributed by atoms with Crippen LogP contribution in [0.1, 0.15) is 17.7 Å². The fraction of sp³-hybridized carbons (Fsp3) is 0.500. The molecule has 6 heteroatoms. The Bertz CT molecular complexity index is 518. The van der Waals surface area contributed by atoms with Gasteiger partial charge in [-0.25, -0.2) is 4.79 Å². The maximum absolute atomic E-state index is 12.3. The smallest absolute Gasteiger partial charge is 0.328 e. The van der Waals surface area contributed by atoms with E-state index >= 15 is 0 Å². The molecule has 108 valence electrons. The average molecular weight is 278 g/mol. The zero-order chi connectivity index (χ0) is 14.7. The van der Waals surface area contributed by atoms with Crippen molar-refractivity contribution in [2.75, 3.05) is 13.7 Å². The van der Waals surface area contributed by atoms with E-state index in [4.69, 9.17) is 0 Å². The van der Waals surface area contributed by atoms with Crippen molar-refractivity contribution in [1.29, 1.82) is 0 Å². The van der Waals surface area contributed by atoms with Crippen LogP contribution in [-0.2, 0) is 20.7 Å². The molecular weight excluding hydrogens is 260 g/mol. The highest BCUT2D eigenvalue weighted by molar-refractivity contribution is 5.86. The van der Waals surface area contributed by atoms with E-state index in [1.54, 1.807) is 12.3 Å². The molecule has 0 spiro atoms. The summed E-state index contributed by atoms with van der Waals surface area (Å²) >= 11 is 0. The number of aliphatic hydroxyl groups is 1. The van der Waals surface area contributed by atoms with Gasteiger partial charge in [-0.15, -0.1) is 0 Å². The van der Waals surface area contributed by atoms with Crippen molar-refractivity contribution in [3.05, 3.63) is 29.6 Å². The molecule has 1 N–H and O–H groups in total. The van der Waals surface area contributed by atoms with Gasteiger partial charge in [-0.1, -0.05) is 6.07 Å². The highest BCUT2D eigenvalue weighted by Crippen LogP contribution is 2.20. The summed E-state index contributed by atoms with van der Waals surface area (Å²) in [5.74, 6) is -0.716. The van der Waals surface area contributed by atoms with E-state index in [1.165, 1.54) is 12.0 Å². The maximum Gasteiger partial charge on any atom is 0.328 e. The standard InChI is InChI=1S/C14H18N2O4/c1-9-4-3-5-15-11(9)7-13(18)16-8-10(17)6-12(16)14(19)20-2/h3-5,10,12,17H,6-8H2,1-2H3. The van der Waals surface area contributed by atoms with Gasteiger partial charge in [-0.05, 0) is 18.6 Å².